The molecule has 0 fully saturated rings. The SMILES string of the molecule is CC(Nc1ccc(C(=O)NCCCNc2ccccc2)cc1[N+](=O)[O-])c1ccccn1. The molecule has 0 aliphatic heterocycles. The number of nitro benzene ring substituents is 1. The number of amides is 1. The lowest BCUT2D eigenvalue weighted by atomic mass is 10.1. The van der Waals surface area contributed by atoms with E-state index >= 15 is 0 Å². The first kappa shape index (κ1) is 21.8. The Labute approximate surface area is 180 Å². The topological polar surface area (TPSA) is 109 Å². The number of aromatic nitrogens is 1. The van der Waals surface area contributed by atoms with Crippen molar-refractivity contribution >= 4 is 23.0 Å². The van der Waals surface area contributed by atoms with E-state index in [4.69, 9.17) is 0 Å². The van der Waals surface area contributed by atoms with Gasteiger partial charge in [0, 0.05) is 36.6 Å². The molecule has 1 unspecified atom stereocenters. The van der Waals surface area contributed by atoms with Crippen LogP contribution >= 0.6 is 0 Å². The first-order chi connectivity index (χ1) is 15.0. The number of anilines is 2. The van der Waals surface area contributed by atoms with Crippen LogP contribution in [0, 0.1) is 10.1 Å². The van der Waals surface area contributed by atoms with Gasteiger partial charge in [-0.1, -0.05) is 24.3 Å². The van der Waals surface area contributed by atoms with Crippen LogP contribution in [0.5, 0.6) is 0 Å². The van der Waals surface area contributed by atoms with Crippen molar-refractivity contribution in [1.82, 2.24) is 10.3 Å². The van der Waals surface area contributed by atoms with Gasteiger partial charge >= 0.3 is 0 Å². The molecule has 2 aromatic carbocycles. The lowest BCUT2D eigenvalue weighted by Gasteiger charge is -2.15. The van der Waals surface area contributed by atoms with E-state index in [0.717, 1.165) is 17.8 Å². The minimum absolute atomic E-state index is 0.152. The maximum atomic E-state index is 12.4. The van der Waals surface area contributed by atoms with Gasteiger partial charge in [-0.05, 0) is 49.7 Å². The molecule has 3 aromatic rings. The molecular formula is C23H25N5O3. The molecule has 3 rings (SSSR count). The molecule has 160 valence electrons. The molecule has 8 nitrogen and oxygen atoms in total. The van der Waals surface area contributed by atoms with Crippen LogP contribution < -0.4 is 16.0 Å². The molecule has 0 radical (unpaired) electrons. The van der Waals surface area contributed by atoms with Crippen LogP contribution in [0.25, 0.3) is 0 Å². The Hall–Kier alpha value is -3.94. The highest BCUT2D eigenvalue weighted by atomic mass is 16.6. The van der Waals surface area contributed by atoms with Crippen molar-refractivity contribution in [3.8, 4) is 0 Å². The molecule has 0 spiro atoms. The van der Waals surface area contributed by atoms with Gasteiger partial charge in [0.05, 0.1) is 16.7 Å². The minimum Gasteiger partial charge on any atom is -0.385 e. The predicted molar refractivity (Wildman–Crippen MR) is 121 cm³/mol. The van der Waals surface area contributed by atoms with Crippen molar-refractivity contribution in [2.24, 2.45) is 0 Å². The van der Waals surface area contributed by atoms with Crippen molar-refractivity contribution in [2.45, 2.75) is 19.4 Å². The van der Waals surface area contributed by atoms with Crippen molar-refractivity contribution < 1.29 is 9.72 Å². The Balaban J connectivity index is 1.56. The molecular weight excluding hydrogens is 394 g/mol. The number of para-hydroxylation sites is 1. The highest BCUT2D eigenvalue weighted by Gasteiger charge is 2.19. The lowest BCUT2D eigenvalue weighted by Crippen LogP contribution is -2.26. The summed E-state index contributed by atoms with van der Waals surface area (Å²) in [5.41, 5.74) is 2.22. The summed E-state index contributed by atoms with van der Waals surface area (Å²) in [6.45, 7) is 3.04. The minimum atomic E-state index is -0.492. The Morgan fingerprint density at radius 3 is 2.55 bits per heavy atom. The summed E-state index contributed by atoms with van der Waals surface area (Å²) >= 11 is 0. The molecule has 0 saturated carbocycles. The van der Waals surface area contributed by atoms with Crippen molar-refractivity contribution in [3.63, 3.8) is 0 Å². The summed E-state index contributed by atoms with van der Waals surface area (Å²) in [5.74, 6) is -0.341. The summed E-state index contributed by atoms with van der Waals surface area (Å²) < 4.78 is 0. The largest absolute Gasteiger partial charge is 0.385 e. The number of hydrogen-bond acceptors (Lipinski definition) is 6. The summed E-state index contributed by atoms with van der Waals surface area (Å²) in [4.78, 5) is 27.8. The standard InChI is InChI=1S/C23H25N5O3/c1-17(20-10-5-6-13-25-20)27-21-12-11-18(16-22(21)28(30)31)23(29)26-15-7-14-24-19-8-3-2-4-9-19/h2-6,8-13,16-17,24,27H,7,14-15H2,1H3,(H,26,29). The normalized spacial score (nSPS) is 11.4. The molecule has 1 atom stereocenters. The number of carbonyl (C=O) groups excluding carboxylic acids is 1. The number of pyridine rings is 1. The summed E-state index contributed by atoms with van der Waals surface area (Å²) in [6, 6.07) is 19.5. The first-order valence-corrected chi connectivity index (χ1v) is 10.1. The number of carbonyl (C=O) groups is 1. The average molecular weight is 419 g/mol. The second-order valence-corrected chi connectivity index (χ2v) is 7.01. The van der Waals surface area contributed by atoms with E-state index in [9.17, 15) is 14.9 Å². The molecule has 0 aliphatic rings. The zero-order valence-corrected chi connectivity index (χ0v) is 17.2. The highest BCUT2D eigenvalue weighted by molar-refractivity contribution is 5.95. The number of benzene rings is 2. The highest BCUT2D eigenvalue weighted by Crippen LogP contribution is 2.28. The lowest BCUT2D eigenvalue weighted by molar-refractivity contribution is -0.384. The van der Waals surface area contributed by atoms with Gasteiger partial charge in [0.1, 0.15) is 5.69 Å². The quantitative estimate of drug-likeness (QED) is 0.255. The van der Waals surface area contributed by atoms with Crippen LogP contribution in [0.15, 0.2) is 72.9 Å². The maximum Gasteiger partial charge on any atom is 0.293 e. The molecule has 31 heavy (non-hydrogen) atoms. The van der Waals surface area contributed by atoms with Crippen LogP contribution in [0.2, 0.25) is 0 Å². The van der Waals surface area contributed by atoms with E-state index in [0.29, 0.717) is 18.8 Å². The van der Waals surface area contributed by atoms with Crippen molar-refractivity contribution in [3.05, 3.63) is 94.3 Å². The second-order valence-electron chi connectivity index (χ2n) is 7.01. The smallest absolute Gasteiger partial charge is 0.293 e. The fourth-order valence-electron chi connectivity index (χ4n) is 3.07. The van der Waals surface area contributed by atoms with Gasteiger partial charge in [0.25, 0.3) is 11.6 Å². The van der Waals surface area contributed by atoms with Crippen LogP contribution in [-0.2, 0) is 0 Å². The monoisotopic (exact) mass is 419 g/mol. The zero-order chi connectivity index (χ0) is 22.1. The van der Waals surface area contributed by atoms with Gasteiger partial charge in [0.15, 0.2) is 0 Å². The van der Waals surface area contributed by atoms with E-state index in [1.54, 1.807) is 18.3 Å². The molecule has 8 heteroatoms. The summed E-state index contributed by atoms with van der Waals surface area (Å²) in [6.07, 6.45) is 2.40. The molecule has 0 aliphatic carbocycles. The molecule has 1 aromatic heterocycles. The van der Waals surface area contributed by atoms with Crippen LogP contribution in [0.4, 0.5) is 17.1 Å². The fourth-order valence-corrected chi connectivity index (χ4v) is 3.07. The zero-order valence-electron chi connectivity index (χ0n) is 17.2. The van der Waals surface area contributed by atoms with Gasteiger partial charge in [-0.15, -0.1) is 0 Å². The second kappa shape index (κ2) is 10.7. The predicted octanol–water partition coefficient (Wildman–Crippen LogP) is 4.39. The first-order valence-electron chi connectivity index (χ1n) is 10.1. The van der Waals surface area contributed by atoms with Gasteiger partial charge in [-0.25, -0.2) is 0 Å². The van der Waals surface area contributed by atoms with E-state index in [2.05, 4.69) is 20.9 Å². The number of hydrogen-bond donors (Lipinski definition) is 3. The third kappa shape index (κ3) is 6.27. The number of rotatable bonds is 10. The molecule has 1 amide bonds. The maximum absolute atomic E-state index is 12.4. The Morgan fingerprint density at radius 1 is 1.06 bits per heavy atom. The van der Waals surface area contributed by atoms with Gasteiger partial charge in [0.2, 0.25) is 0 Å². The Morgan fingerprint density at radius 2 is 1.84 bits per heavy atom. The van der Waals surface area contributed by atoms with E-state index < -0.39 is 4.92 Å². The van der Waals surface area contributed by atoms with E-state index in [-0.39, 0.29) is 23.2 Å². The molecule has 3 N–H and O–H groups in total. The number of nitro groups is 1. The summed E-state index contributed by atoms with van der Waals surface area (Å²) in [7, 11) is 0. The third-order valence-corrected chi connectivity index (χ3v) is 4.70. The van der Waals surface area contributed by atoms with Crippen LogP contribution in [0.1, 0.15) is 35.4 Å². The third-order valence-electron chi connectivity index (χ3n) is 4.70. The average Bonchev–Trinajstić information content (AvgIpc) is 2.80. The fraction of sp³-hybridized carbons (Fsp3) is 0.217. The van der Waals surface area contributed by atoms with Crippen molar-refractivity contribution in [2.75, 3.05) is 23.7 Å². The molecule has 1 heterocycles. The van der Waals surface area contributed by atoms with E-state index in [1.807, 2.05) is 55.5 Å². The Bertz CT molecular complexity index is 1010. The van der Waals surface area contributed by atoms with E-state index in [1.165, 1.54) is 6.07 Å². The number of nitrogens with zero attached hydrogens (tertiary/aromatic N) is 2. The van der Waals surface area contributed by atoms with Crippen LogP contribution in [-0.4, -0.2) is 28.9 Å². The summed E-state index contributed by atoms with van der Waals surface area (Å²) in [5, 5.41) is 20.7. The molecule has 0 bridgehead atoms. The Kier molecular flexibility index (Phi) is 7.53. The van der Waals surface area contributed by atoms with Crippen LogP contribution in [0.3, 0.4) is 0 Å². The van der Waals surface area contributed by atoms with Gasteiger partial charge in [-0.2, -0.15) is 0 Å². The molecule has 0 saturated heterocycles. The van der Waals surface area contributed by atoms with Gasteiger partial charge in [-0.3, -0.25) is 19.9 Å². The van der Waals surface area contributed by atoms with Crippen molar-refractivity contribution in [1.29, 1.82) is 0 Å². The van der Waals surface area contributed by atoms with Gasteiger partial charge < -0.3 is 16.0 Å². The number of nitrogens with one attached hydrogen (secondary N) is 3.